The Balaban J connectivity index is 2.55. The van der Waals surface area contributed by atoms with Crippen LogP contribution in [-0.2, 0) is 6.42 Å². The number of rotatable bonds is 2. The standard InChI is InChI=1S/C13H8Cl8/c14-9-7-10(15,6-8-4-2-1-3-5-8)12(18,19)13(20,21)11(9,16)17/h1-5,7H,6H2. The van der Waals surface area contributed by atoms with Crippen molar-refractivity contribution in [3.8, 4) is 0 Å². The van der Waals surface area contributed by atoms with Gasteiger partial charge in [0.25, 0.3) is 0 Å². The van der Waals surface area contributed by atoms with Crippen molar-refractivity contribution in [2.24, 2.45) is 0 Å². The minimum absolute atomic E-state index is 0.0290. The van der Waals surface area contributed by atoms with Gasteiger partial charge in [0.05, 0.1) is 5.03 Å². The molecule has 1 aliphatic carbocycles. The molecule has 0 heterocycles. The molecular formula is C13H8Cl8. The second-order valence-electron chi connectivity index (χ2n) is 4.74. The first-order chi connectivity index (χ1) is 9.46. The molecule has 0 aromatic heterocycles. The van der Waals surface area contributed by atoms with E-state index in [2.05, 4.69) is 0 Å². The Morgan fingerprint density at radius 3 is 1.81 bits per heavy atom. The molecule has 0 nitrogen and oxygen atoms in total. The molecule has 8 heteroatoms. The van der Waals surface area contributed by atoms with E-state index in [0.717, 1.165) is 5.56 Å². The lowest BCUT2D eigenvalue weighted by atomic mass is 9.86. The smallest absolute Gasteiger partial charge is 0.111 e. The van der Waals surface area contributed by atoms with Gasteiger partial charge in [-0.3, -0.25) is 0 Å². The third kappa shape index (κ3) is 2.89. The molecule has 0 aliphatic heterocycles. The van der Waals surface area contributed by atoms with Gasteiger partial charge < -0.3 is 0 Å². The summed E-state index contributed by atoms with van der Waals surface area (Å²) in [6.07, 6.45) is 1.63. The van der Waals surface area contributed by atoms with E-state index in [0.29, 0.717) is 0 Å². The summed E-state index contributed by atoms with van der Waals surface area (Å²) in [6.45, 7) is 0. The van der Waals surface area contributed by atoms with E-state index >= 15 is 0 Å². The maximum atomic E-state index is 6.60. The Kier molecular flexibility index (Phi) is 5.29. The summed E-state index contributed by atoms with van der Waals surface area (Å²) < 4.78 is -5.78. The first-order valence-corrected chi connectivity index (χ1v) is 8.73. The van der Waals surface area contributed by atoms with Gasteiger partial charge in [-0.1, -0.05) is 112 Å². The SMILES string of the molecule is ClC1=CC(Cl)(Cc2ccccc2)C(Cl)(Cl)C(Cl)(Cl)C1(Cl)Cl. The van der Waals surface area contributed by atoms with E-state index < -0.39 is 17.9 Å². The fraction of sp³-hybridized carbons (Fsp3) is 0.385. The first-order valence-electron chi connectivity index (χ1n) is 5.71. The highest BCUT2D eigenvalue weighted by atomic mass is 35.5. The molecule has 0 fully saturated rings. The largest absolute Gasteiger partial charge is 0.190 e. The fourth-order valence-corrected chi connectivity index (χ4v) is 4.68. The lowest BCUT2D eigenvalue weighted by molar-refractivity contribution is 0.493. The Labute approximate surface area is 163 Å². The molecule has 2 rings (SSSR count). The van der Waals surface area contributed by atoms with Crippen molar-refractivity contribution in [2.75, 3.05) is 0 Å². The van der Waals surface area contributed by atoms with Crippen molar-refractivity contribution in [1.82, 2.24) is 0 Å². The summed E-state index contributed by atoms with van der Waals surface area (Å²) in [7, 11) is 0. The zero-order valence-corrected chi connectivity index (χ0v) is 16.2. The van der Waals surface area contributed by atoms with Crippen molar-refractivity contribution < 1.29 is 0 Å². The van der Waals surface area contributed by atoms with Crippen LogP contribution in [0.15, 0.2) is 41.4 Å². The van der Waals surface area contributed by atoms with E-state index in [1.165, 1.54) is 6.08 Å². The van der Waals surface area contributed by atoms with Crippen molar-refractivity contribution in [2.45, 2.75) is 24.3 Å². The molecule has 1 atom stereocenters. The molecule has 0 spiro atoms. The predicted molar refractivity (Wildman–Crippen MR) is 96.0 cm³/mol. The molecule has 116 valence electrons. The summed E-state index contributed by atoms with van der Waals surface area (Å²) in [5.41, 5.74) is 0.875. The molecule has 0 amide bonds. The highest BCUT2D eigenvalue weighted by Gasteiger charge is 2.71. The van der Waals surface area contributed by atoms with Crippen molar-refractivity contribution in [3.63, 3.8) is 0 Å². The van der Waals surface area contributed by atoms with Crippen LogP contribution in [0.25, 0.3) is 0 Å². The van der Waals surface area contributed by atoms with Crippen molar-refractivity contribution >= 4 is 92.8 Å². The first kappa shape index (κ1) is 18.6. The van der Waals surface area contributed by atoms with Gasteiger partial charge in [0.1, 0.15) is 4.87 Å². The number of allylic oxidation sites excluding steroid dienone is 2. The normalized spacial score (nSPS) is 29.8. The number of alkyl halides is 7. The molecule has 0 saturated carbocycles. The van der Waals surface area contributed by atoms with Crippen LogP contribution in [0.4, 0.5) is 0 Å². The molecule has 0 bridgehead atoms. The van der Waals surface area contributed by atoms with E-state index in [-0.39, 0.29) is 11.5 Å². The third-order valence-corrected chi connectivity index (χ3v) is 8.70. The third-order valence-electron chi connectivity index (χ3n) is 3.27. The van der Waals surface area contributed by atoms with Crippen LogP contribution in [0.1, 0.15) is 5.56 Å². The van der Waals surface area contributed by atoms with Crippen LogP contribution >= 0.6 is 92.8 Å². The van der Waals surface area contributed by atoms with Gasteiger partial charge in [-0.15, -0.1) is 11.6 Å². The van der Waals surface area contributed by atoms with Gasteiger partial charge in [0.2, 0.25) is 0 Å². The maximum absolute atomic E-state index is 6.60. The Bertz CT molecular complexity index is 563. The second kappa shape index (κ2) is 5.97. The van der Waals surface area contributed by atoms with Crippen LogP contribution < -0.4 is 0 Å². The molecule has 1 aromatic rings. The highest BCUT2D eigenvalue weighted by Crippen LogP contribution is 2.66. The fourth-order valence-electron chi connectivity index (χ4n) is 2.05. The highest BCUT2D eigenvalue weighted by molar-refractivity contribution is 6.74. The van der Waals surface area contributed by atoms with E-state index in [4.69, 9.17) is 92.8 Å². The number of hydrogen-bond acceptors (Lipinski definition) is 0. The lowest BCUT2D eigenvalue weighted by Crippen LogP contribution is -2.63. The quantitative estimate of drug-likeness (QED) is 0.434. The molecular weight excluding hydrogens is 440 g/mol. The maximum Gasteiger partial charge on any atom is 0.190 e. The summed E-state index contributed by atoms with van der Waals surface area (Å²) in [5.74, 6) is 0. The van der Waals surface area contributed by atoms with E-state index in [9.17, 15) is 0 Å². The number of benzene rings is 1. The molecule has 1 aliphatic rings. The van der Waals surface area contributed by atoms with Gasteiger partial charge in [-0.2, -0.15) is 0 Å². The van der Waals surface area contributed by atoms with Crippen LogP contribution in [0.2, 0.25) is 0 Å². The summed E-state index contributed by atoms with van der Waals surface area (Å²) in [6, 6.07) is 9.32. The Morgan fingerprint density at radius 2 is 1.29 bits per heavy atom. The Morgan fingerprint density at radius 1 is 0.762 bits per heavy atom. The minimum atomic E-state index is -2.02. The zero-order chi connectivity index (χ0) is 16.1. The van der Waals surface area contributed by atoms with Crippen molar-refractivity contribution in [3.05, 3.63) is 47.0 Å². The van der Waals surface area contributed by atoms with Crippen LogP contribution in [0.5, 0.6) is 0 Å². The summed E-state index contributed by atoms with van der Waals surface area (Å²) >= 11 is 50.1. The van der Waals surface area contributed by atoms with Crippen molar-refractivity contribution in [1.29, 1.82) is 0 Å². The zero-order valence-electron chi connectivity index (χ0n) is 10.2. The van der Waals surface area contributed by atoms with Gasteiger partial charge in [-0.25, -0.2) is 0 Å². The van der Waals surface area contributed by atoms with Crippen LogP contribution in [-0.4, -0.2) is 17.9 Å². The van der Waals surface area contributed by atoms with Gasteiger partial charge in [0.15, 0.2) is 13.0 Å². The van der Waals surface area contributed by atoms with Gasteiger partial charge >= 0.3 is 0 Å². The molecule has 0 saturated heterocycles. The summed E-state index contributed by atoms with van der Waals surface area (Å²) in [5, 5.41) is -0.0290. The van der Waals surface area contributed by atoms with Gasteiger partial charge in [0, 0.05) is 0 Å². The van der Waals surface area contributed by atoms with Crippen LogP contribution in [0, 0.1) is 0 Å². The molecule has 21 heavy (non-hydrogen) atoms. The molecule has 1 aromatic carbocycles. The topological polar surface area (TPSA) is 0 Å². The minimum Gasteiger partial charge on any atom is -0.111 e. The number of halogens is 8. The average molecular weight is 448 g/mol. The monoisotopic (exact) mass is 444 g/mol. The molecule has 1 unspecified atom stereocenters. The van der Waals surface area contributed by atoms with E-state index in [1.54, 1.807) is 0 Å². The number of hydrogen-bond donors (Lipinski definition) is 0. The predicted octanol–water partition coefficient (Wildman–Crippen LogP) is 6.86. The average Bonchev–Trinajstić information content (AvgIpc) is 2.37. The lowest BCUT2D eigenvalue weighted by Gasteiger charge is -2.51. The second-order valence-corrected chi connectivity index (χ2v) is 9.80. The molecule has 0 N–H and O–H groups in total. The summed E-state index contributed by atoms with van der Waals surface area (Å²) in [4.78, 5) is -1.38. The van der Waals surface area contributed by atoms with Crippen LogP contribution in [0.3, 0.4) is 0 Å². The Hall–Kier alpha value is 1.28. The van der Waals surface area contributed by atoms with E-state index in [1.807, 2.05) is 30.3 Å². The van der Waals surface area contributed by atoms with Gasteiger partial charge in [-0.05, 0) is 18.1 Å². The molecule has 0 radical (unpaired) electrons.